The first-order chi connectivity index (χ1) is 15.7. The van der Waals surface area contributed by atoms with Gasteiger partial charge in [0.25, 0.3) is 5.91 Å². The van der Waals surface area contributed by atoms with Gasteiger partial charge in [-0.25, -0.2) is 14.1 Å². The number of hydrogen-bond acceptors (Lipinski definition) is 5. The van der Waals surface area contributed by atoms with Crippen molar-refractivity contribution >= 4 is 11.6 Å². The van der Waals surface area contributed by atoms with Gasteiger partial charge in [-0.05, 0) is 48.5 Å². The van der Waals surface area contributed by atoms with Crippen LogP contribution in [0.5, 0.6) is 5.75 Å². The second-order valence-electron chi connectivity index (χ2n) is 6.89. The summed E-state index contributed by atoms with van der Waals surface area (Å²) >= 11 is 0. The van der Waals surface area contributed by atoms with Crippen LogP contribution in [-0.2, 0) is 19.8 Å². The molecule has 0 aliphatic rings. The van der Waals surface area contributed by atoms with E-state index < -0.39 is 29.3 Å². The summed E-state index contributed by atoms with van der Waals surface area (Å²) < 4.78 is 62.1. The van der Waals surface area contributed by atoms with Crippen LogP contribution < -0.4 is 10.1 Å². The van der Waals surface area contributed by atoms with E-state index in [1.54, 1.807) is 29.1 Å². The minimum Gasteiger partial charge on any atom is -0.486 e. The van der Waals surface area contributed by atoms with Crippen molar-refractivity contribution in [2.75, 3.05) is 5.32 Å². The third-order valence-corrected chi connectivity index (χ3v) is 4.63. The molecule has 0 unspecified atom stereocenters. The van der Waals surface area contributed by atoms with Crippen molar-refractivity contribution in [3.8, 4) is 11.4 Å². The van der Waals surface area contributed by atoms with Crippen molar-refractivity contribution in [3.05, 3.63) is 84.0 Å². The third kappa shape index (κ3) is 4.84. The Labute approximate surface area is 184 Å². The molecule has 0 spiro atoms. The maximum Gasteiger partial charge on any atom is 0.435 e. The van der Waals surface area contributed by atoms with Gasteiger partial charge in [0.05, 0.1) is 5.69 Å². The molecule has 0 aliphatic carbocycles. The topological polar surface area (TPSA) is 86.9 Å². The zero-order valence-corrected chi connectivity index (χ0v) is 17.0. The molecule has 12 heteroatoms. The zero-order chi connectivity index (χ0) is 23.6. The first-order valence-electron chi connectivity index (χ1n) is 9.51. The number of imidazole rings is 1. The van der Waals surface area contributed by atoms with Crippen LogP contribution >= 0.6 is 0 Å². The predicted octanol–water partition coefficient (Wildman–Crippen LogP) is 3.99. The molecule has 0 bridgehead atoms. The maximum atomic E-state index is 13.7. The molecule has 0 aliphatic heterocycles. The minimum absolute atomic E-state index is 0.0931. The summed E-state index contributed by atoms with van der Waals surface area (Å²) in [5.41, 5.74) is -2.15. The number of carbonyl (C=O) groups excluding carboxylic acids is 1. The highest BCUT2D eigenvalue weighted by Gasteiger charge is 2.42. The molecule has 4 aromatic rings. The molecule has 170 valence electrons. The van der Waals surface area contributed by atoms with Crippen LogP contribution in [-0.4, -0.2) is 30.5 Å². The molecule has 0 atom stereocenters. The lowest BCUT2D eigenvalue weighted by Crippen LogP contribution is -2.21. The van der Waals surface area contributed by atoms with E-state index in [-0.39, 0.29) is 18.0 Å². The van der Waals surface area contributed by atoms with Crippen molar-refractivity contribution in [1.82, 2.24) is 24.5 Å². The molecule has 0 radical (unpaired) electrons. The van der Waals surface area contributed by atoms with Crippen molar-refractivity contribution in [1.29, 1.82) is 0 Å². The van der Waals surface area contributed by atoms with E-state index >= 15 is 0 Å². The molecule has 1 amide bonds. The van der Waals surface area contributed by atoms with Crippen LogP contribution in [0.15, 0.2) is 60.9 Å². The number of benzene rings is 2. The normalized spacial score (nSPS) is 11.4. The molecular weight excluding hydrogens is 444 g/mol. The standard InChI is InChI=1S/C21H16F4N6O2/c1-30-11-10-26-17(30)12-33-16-8-4-14(5-9-16)27-20(32)18-19(21(23,24)25)31(29-28-18)15-6-2-13(22)3-7-15/h2-11H,12H2,1H3,(H,27,32). The largest absolute Gasteiger partial charge is 0.486 e. The molecule has 2 heterocycles. The smallest absolute Gasteiger partial charge is 0.435 e. The summed E-state index contributed by atoms with van der Waals surface area (Å²) in [6.45, 7) is 0.219. The van der Waals surface area contributed by atoms with Gasteiger partial charge in [0.15, 0.2) is 11.4 Å². The number of alkyl halides is 3. The highest BCUT2D eigenvalue weighted by Crippen LogP contribution is 2.33. The Bertz CT molecular complexity index is 1260. The number of aryl methyl sites for hydroxylation is 1. The number of anilines is 1. The Morgan fingerprint density at radius 3 is 2.39 bits per heavy atom. The van der Waals surface area contributed by atoms with Gasteiger partial charge in [0.1, 0.15) is 24.0 Å². The fourth-order valence-electron chi connectivity index (χ4n) is 2.96. The van der Waals surface area contributed by atoms with Gasteiger partial charge in [0.2, 0.25) is 0 Å². The Hall–Kier alpha value is -4.22. The lowest BCUT2D eigenvalue weighted by atomic mass is 10.2. The van der Waals surface area contributed by atoms with Gasteiger partial charge in [0, 0.05) is 25.1 Å². The number of rotatable bonds is 6. The Balaban J connectivity index is 1.51. The summed E-state index contributed by atoms with van der Waals surface area (Å²) in [7, 11) is 1.83. The van der Waals surface area contributed by atoms with Gasteiger partial charge in [-0.1, -0.05) is 5.21 Å². The quantitative estimate of drug-likeness (QED) is 0.440. The Morgan fingerprint density at radius 1 is 1.09 bits per heavy atom. The van der Waals surface area contributed by atoms with E-state index in [2.05, 4.69) is 20.6 Å². The summed E-state index contributed by atoms with van der Waals surface area (Å²) in [5, 5.41) is 9.23. The molecule has 2 aromatic carbocycles. The fourth-order valence-corrected chi connectivity index (χ4v) is 2.96. The lowest BCUT2D eigenvalue weighted by molar-refractivity contribution is -0.143. The summed E-state index contributed by atoms with van der Waals surface area (Å²) in [6.07, 6.45) is -1.52. The Morgan fingerprint density at radius 2 is 1.79 bits per heavy atom. The second kappa shape index (κ2) is 8.73. The van der Waals surface area contributed by atoms with Crippen molar-refractivity contribution in [2.24, 2.45) is 7.05 Å². The molecule has 2 aromatic heterocycles. The number of amides is 1. The third-order valence-electron chi connectivity index (χ3n) is 4.63. The number of aromatic nitrogens is 5. The van der Waals surface area contributed by atoms with Crippen molar-refractivity contribution in [2.45, 2.75) is 12.8 Å². The summed E-state index contributed by atoms with van der Waals surface area (Å²) in [4.78, 5) is 16.7. The predicted molar refractivity (Wildman–Crippen MR) is 108 cm³/mol. The van der Waals surface area contributed by atoms with Gasteiger partial charge in [-0.2, -0.15) is 13.2 Å². The van der Waals surface area contributed by atoms with Crippen LogP contribution in [0, 0.1) is 5.82 Å². The minimum atomic E-state index is -4.94. The van der Waals surface area contributed by atoms with Gasteiger partial charge in [-0.15, -0.1) is 5.10 Å². The maximum absolute atomic E-state index is 13.7. The molecule has 4 rings (SSSR count). The van der Waals surface area contributed by atoms with E-state index in [0.29, 0.717) is 16.3 Å². The summed E-state index contributed by atoms with van der Waals surface area (Å²) in [6, 6.07) is 10.2. The highest BCUT2D eigenvalue weighted by molar-refractivity contribution is 6.03. The van der Waals surface area contributed by atoms with E-state index in [0.717, 1.165) is 24.3 Å². The van der Waals surface area contributed by atoms with Crippen LogP contribution in [0.4, 0.5) is 23.2 Å². The number of nitrogens with one attached hydrogen (secondary N) is 1. The van der Waals surface area contributed by atoms with Crippen LogP contribution in [0.25, 0.3) is 5.69 Å². The van der Waals surface area contributed by atoms with Gasteiger partial charge in [-0.3, -0.25) is 4.79 Å². The SMILES string of the molecule is Cn1ccnc1COc1ccc(NC(=O)c2nnn(-c3ccc(F)cc3)c2C(F)(F)F)cc1. The van der Waals surface area contributed by atoms with E-state index in [1.807, 2.05) is 7.05 Å². The number of hydrogen-bond donors (Lipinski definition) is 1. The van der Waals surface area contributed by atoms with Crippen LogP contribution in [0.2, 0.25) is 0 Å². The molecule has 33 heavy (non-hydrogen) atoms. The fraction of sp³-hybridized carbons (Fsp3) is 0.143. The lowest BCUT2D eigenvalue weighted by Gasteiger charge is -2.11. The average Bonchev–Trinajstić information content (AvgIpc) is 3.40. The molecule has 8 nitrogen and oxygen atoms in total. The number of carbonyl (C=O) groups is 1. The molecule has 0 saturated heterocycles. The molecule has 1 N–H and O–H groups in total. The van der Waals surface area contributed by atoms with Gasteiger partial charge < -0.3 is 14.6 Å². The summed E-state index contributed by atoms with van der Waals surface area (Å²) in [5.74, 6) is -0.541. The number of nitrogens with zero attached hydrogens (tertiary/aromatic N) is 5. The first-order valence-corrected chi connectivity index (χ1v) is 9.51. The van der Waals surface area contributed by atoms with Gasteiger partial charge >= 0.3 is 6.18 Å². The zero-order valence-electron chi connectivity index (χ0n) is 17.0. The van der Waals surface area contributed by atoms with Crippen LogP contribution in [0.3, 0.4) is 0 Å². The molecule has 0 fully saturated rings. The average molecular weight is 460 g/mol. The highest BCUT2D eigenvalue weighted by atomic mass is 19.4. The number of ether oxygens (including phenoxy) is 1. The molecule has 0 saturated carbocycles. The second-order valence-corrected chi connectivity index (χ2v) is 6.89. The van der Waals surface area contributed by atoms with Crippen molar-refractivity contribution < 1.29 is 27.1 Å². The van der Waals surface area contributed by atoms with Crippen LogP contribution in [0.1, 0.15) is 22.0 Å². The van der Waals surface area contributed by atoms with E-state index in [9.17, 15) is 22.4 Å². The Kier molecular flexibility index (Phi) is 5.82. The molecular formula is C21H16F4N6O2. The van der Waals surface area contributed by atoms with E-state index in [1.165, 1.54) is 12.1 Å². The number of halogens is 4. The van der Waals surface area contributed by atoms with Crippen molar-refractivity contribution in [3.63, 3.8) is 0 Å². The van der Waals surface area contributed by atoms with E-state index in [4.69, 9.17) is 4.74 Å². The monoisotopic (exact) mass is 460 g/mol. The first kappa shape index (κ1) is 22.0.